The van der Waals surface area contributed by atoms with Crippen LogP contribution >= 0.6 is 0 Å². The molecule has 2 amide bonds. The highest BCUT2D eigenvalue weighted by atomic mass is 16.3. The largest absolute Gasteiger partial charge is 0.508 e. The van der Waals surface area contributed by atoms with Gasteiger partial charge in [-0.25, -0.2) is 15.0 Å². The number of nitrogen functional groups attached to an aromatic ring is 1. The summed E-state index contributed by atoms with van der Waals surface area (Å²) in [6.45, 7) is 8.18. The summed E-state index contributed by atoms with van der Waals surface area (Å²) < 4.78 is 1.81. The van der Waals surface area contributed by atoms with Crippen molar-refractivity contribution in [3.05, 3.63) is 101 Å². The standard InChI is InChI=1S/C35H36N8O4/c1-21(2)27-12-28(31(45)13-30(27)44)33(46)42-18-23-4-3-22(11-25(23)19-42)17-40-7-9-41(10-8-40)34(47)29-16-37-32-6-5-24(20-43(29)32)26-14-38-35(36)39-15-26/h3-6,11-16,20-21,44-45H,7-10,17-19H2,1-2H3,(H2,36,38,39). The molecule has 1 saturated heterocycles. The number of aromatic hydroxyl groups is 2. The fourth-order valence-electron chi connectivity index (χ4n) is 6.41. The van der Waals surface area contributed by atoms with Crippen molar-refractivity contribution < 1.29 is 19.8 Å². The van der Waals surface area contributed by atoms with E-state index in [1.165, 1.54) is 6.07 Å². The molecule has 0 unspecified atom stereocenters. The number of aromatic nitrogens is 4. The summed E-state index contributed by atoms with van der Waals surface area (Å²) in [7, 11) is 0. The molecule has 1 fully saturated rings. The van der Waals surface area contributed by atoms with E-state index in [0.717, 1.165) is 47.5 Å². The number of nitrogens with zero attached hydrogens (tertiary/aromatic N) is 7. The lowest BCUT2D eigenvalue weighted by Gasteiger charge is -2.34. The number of phenols is 2. The molecule has 2 aliphatic heterocycles. The fraction of sp³-hybridized carbons (Fsp3) is 0.286. The number of imidazole rings is 1. The molecule has 5 heterocycles. The second kappa shape index (κ2) is 12.0. The molecular formula is C35H36N8O4. The summed E-state index contributed by atoms with van der Waals surface area (Å²) in [6, 6.07) is 13.0. The molecule has 0 saturated carbocycles. The van der Waals surface area contributed by atoms with E-state index in [-0.39, 0.29) is 40.7 Å². The second-order valence-electron chi connectivity index (χ2n) is 12.5. The average molecular weight is 633 g/mol. The van der Waals surface area contributed by atoms with Crippen molar-refractivity contribution in [1.82, 2.24) is 34.1 Å². The van der Waals surface area contributed by atoms with Crippen LogP contribution in [0.3, 0.4) is 0 Å². The number of hydrogen-bond acceptors (Lipinski definition) is 9. The van der Waals surface area contributed by atoms with Crippen LogP contribution in [-0.2, 0) is 19.6 Å². The van der Waals surface area contributed by atoms with Crippen LogP contribution in [0.2, 0.25) is 0 Å². The molecule has 12 heteroatoms. The minimum atomic E-state index is -0.260. The summed E-state index contributed by atoms with van der Waals surface area (Å²) in [5, 5.41) is 20.6. The Hall–Kier alpha value is -5.49. The molecule has 0 radical (unpaired) electrons. The molecule has 0 aliphatic carbocycles. The molecule has 0 bridgehead atoms. The number of phenolic OH excluding ortho intramolecular Hbond substituents is 2. The summed E-state index contributed by atoms with van der Waals surface area (Å²) in [6.07, 6.45) is 6.81. The zero-order chi connectivity index (χ0) is 32.8. The molecule has 240 valence electrons. The van der Waals surface area contributed by atoms with E-state index in [2.05, 4.69) is 38.1 Å². The van der Waals surface area contributed by atoms with Crippen molar-refractivity contribution in [1.29, 1.82) is 0 Å². The minimum Gasteiger partial charge on any atom is -0.508 e. The number of carbonyl (C=O) groups excluding carboxylic acids is 2. The second-order valence-corrected chi connectivity index (χ2v) is 12.5. The number of piperazine rings is 1. The maximum absolute atomic E-state index is 13.6. The smallest absolute Gasteiger partial charge is 0.272 e. The van der Waals surface area contributed by atoms with Gasteiger partial charge in [-0.3, -0.25) is 18.9 Å². The Labute approximate surface area is 271 Å². The number of fused-ring (bicyclic) bond motifs is 2. The molecule has 2 aliphatic rings. The topological polar surface area (TPSA) is 153 Å². The summed E-state index contributed by atoms with van der Waals surface area (Å²) >= 11 is 0. The van der Waals surface area contributed by atoms with Gasteiger partial charge in [0.05, 0.1) is 11.8 Å². The molecule has 7 rings (SSSR count). The third-order valence-electron chi connectivity index (χ3n) is 9.07. The van der Waals surface area contributed by atoms with Gasteiger partial charge >= 0.3 is 0 Å². The predicted molar refractivity (Wildman–Crippen MR) is 176 cm³/mol. The Balaban J connectivity index is 0.980. The minimum absolute atomic E-state index is 0.0103. The highest BCUT2D eigenvalue weighted by Crippen LogP contribution is 2.34. The van der Waals surface area contributed by atoms with E-state index in [1.807, 2.05) is 41.5 Å². The summed E-state index contributed by atoms with van der Waals surface area (Å²) in [4.78, 5) is 45.5. The van der Waals surface area contributed by atoms with E-state index < -0.39 is 0 Å². The van der Waals surface area contributed by atoms with Crippen LogP contribution in [-0.4, -0.2) is 82.3 Å². The summed E-state index contributed by atoms with van der Waals surface area (Å²) in [5.74, 6) is -0.337. The van der Waals surface area contributed by atoms with E-state index in [4.69, 9.17) is 5.73 Å². The fourth-order valence-corrected chi connectivity index (χ4v) is 6.41. The number of nitrogens with two attached hydrogens (primary N) is 1. The number of anilines is 1. The lowest BCUT2D eigenvalue weighted by molar-refractivity contribution is 0.0621. The van der Waals surface area contributed by atoms with E-state index >= 15 is 0 Å². The number of carbonyl (C=O) groups is 2. The Bertz CT molecular complexity index is 2000. The lowest BCUT2D eigenvalue weighted by atomic mass is 9.98. The Morgan fingerprint density at radius 2 is 1.55 bits per heavy atom. The van der Waals surface area contributed by atoms with E-state index in [9.17, 15) is 19.8 Å². The van der Waals surface area contributed by atoms with Gasteiger partial charge in [0.15, 0.2) is 0 Å². The van der Waals surface area contributed by atoms with E-state index in [1.54, 1.807) is 29.6 Å². The van der Waals surface area contributed by atoms with Crippen LogP contribution < -0.4 is 5.73 Å². The molecule has 3 aromatic heterocycles. The van der Waals surface area contributed by atoms with Crippen LogP contribution in [0.15, 0.2) is 67.3 Å². The molecule has 47 heavy (non-hydrogen) atoms. The van der Waals surface area contributed by atoms with Crippen LogP contribution in [0.5, 0.6) is 11.5 Å². The van der Waals surface area contributed by atoms with Crippen molar-refractivity contribution in [3.63, 3.8) is 0 Å². The van der Waals surface area contributed by atoms with Gasteiger partial charge in [0.2, 0.25) is 5.95 Å². The van der Waals surface area contributed by atoms with Crippen LogP contribution in [0.25, 0.3) is 16.8 Å². The molecule has 4 N–H and O–H groups in total. The van der Waals surface area contributed by atoms with Gasteiger partial charge in [-0.1, -0.05) is 32.0 Å². The van der Waals surface area contributed by atoms with Crippen LogP contribution in [0.4, 0.5) is 5.95 Å². The monoisotopic (exact) mass is 632 g/mol. The molecule has 0 atom stereocenters. The first-order chi connectivity index (χ1) is 22.6. The summed E-state index contributed by atoms with van der Waals surface area (Å²) in [5.41, 5.74) is 12.6. The van der Waals surface area contributed by atoms with Crippen LogP contribution in [0, 0.1) is 0 Å². The van der Waals surface area contributed by atoms with Gasteiger partial charge < -0.3 is 25.7 Å². The maximum Gasteiger partial charge on any atom is 0.272 e. The molecule has 12 nitrogen and oxygen atoms in total. The van der Waals surface area contributed by atoms with Gasteiger partial charge in [-0.2, -0.15) is 0 Å². The third kappa shape index (κ3) is 5.83. The Morgan fingerprint density at radius 1 is 0.809 bits per heavy atom. The molecule has 0 spiro atoms. The van der Waals surface area contributed by atoms with E-state index in [0.29, 0.717) is 43.1 Å². The zero-order valence-electron chi connectivity index (χ0n) is 26.3. The number of benzene rings is 2. The van der Waals surface area contributed by atoms with Crippen molar-refractivity contribution in [2.75, 3.05) is 31.9 Å². The average Bonchev–Trinajstić information content (AvgIpc) is 3.69. The SMILES string of the molecule is CC(C)c1cc(C(=O)N2Cc3ccc(CN4CCN(C(=O)c5cnc6ccc(-c7cnc(N)nc7)cn56)CC4)cc3C2)c(O)cc1O. The first kappa shape index (κ1) is 30.2. The third-order valence-corrected chi connectivity index (χ3v) is 9.07. The van der Waals surface area contributed by atoms with Gasteiger partial charge in [-0.15, -0.1) is 0 Å². The van der Waals surface area contributed by atoms with Gasteiger partial charge in [0, 0.05) is 81.6 Å². The molecule has 2 aromatic carbocycles. The lowest BCUT2D eigenvalue weighted by Crippen LogP contribution is -2.48. The first-order valence-corrected chi connectivity index (χ1v) is 15.7. The number of rotatable bonds is 6. The van der Waals surface area contributed by atoms with Gasteiger partial charge in [-0.05, 0) is 46.4 Å². The van der Waals surface area contributed by atoms with Crippen molar-refractivity contribution in [2.45, 2.75) is 39.4 Å². The van der Waals surface area contributed by atoms with Gasteiger partial charge in [0.1, 0.15) is 22.8 Å². The predicted octanol–water partition coefficient (Wildman–Crippen LogP) is 4.02. The highest BCUT2D eigenvalue weighted by Gasteiger charge is 2.29. The maximum atomic E-state index is 13.6. The number of pyridine rings is 1. The first-order valence-electron chi connectivity index (χ1n) is 15.7. The van der Waals surface area contributed by atoms with Gasteiger partial charge in [0.25, 0.3) is 11.8 Å². The Kier molecular flexibility index (Phi) is 7.72. The van der Waals surface area contributed by atoms with Crippen LogP contribution in [0.1, 0.15) is 62.9 Å². The van der Waals surface area contributed by atoms with Crippen molar-refractivity contribution >= 4 is 23.4 Å². The zero-order valence-corrected chi connectivity index (χ0v) is 26.3. The quantitative estimate of drug-likeness (QED) is 0.252. The molecular weight excluding hydrogens is 596 g/mol. The van der Waals surface area contributed by atoms with Crippen molar-refractivity contribution in [2.24, 2.45) is 0 Å². The number of hydrogen-bond donors (Lipinski definition) is 3. The normalized spacial score (nSPS) is 15.0. The molecule has 5 aromatic rings. The van der Waals surface area contributed by atoms with Crippen molar-refractivity contribution in [3.8, 4) is 22.6 Å². The Morgan fingerprint density at radius 3 is 2.30 bits per heavy atom. The highest BCUT2D eigenvalue weighted by molar-refractivity contribution is 5.97. The number of amides is 2.